The minimum atomic E-state index is -0.0395. The third-order valence-electron chi connectivity index (χ3n) is 0.960. The fraction of sp³-hybridized carbons (Fsp3) is 0.833. The summed E-state index contributed by atoms with van der Waals surface area (Å²) >= 11 is 10.3. The monoisotopic (exact) mass is 319 g/mol. The van der Waals surface area contributed by atoms with Crippen LogP contribution in [0.1, 0.15) is 25.7 Å². The van der Waals surface area contributed by atoms with Crippen LogP contribution < -0.4 is 0 Å². The average molecular weight is 322 g/mol. The van der Waals surface area contributed by atoms with Gasteiger partial charge in [0, 0.05) is 0 Å². The third-order valence-corrected chi connectivity index (χ3v) is 2.15. The Hall–Kier alpha value is 1.44. The van der Waals surface area contributed by atoms with Crippen LogP contribution in [0.5, 0.6) is 0 Å². The summed E-state index contributed by atoms with van der Waals surface area (Å²) in [4.78, 5) is 0. The molecule has 0 rings (SSSR count). The molecule has 9 heavy (non-hydrogen) atoms. The Kier molecular flexibility index (Phi) is 5.96. The van der Waals surface area contributed by atoms with Crippen LogP contribution in [-0.4, -0.2) is 2.14 Å². The van der Waals surface area contributed by atoms with Gasteiger partial charge in [-0.2, -0.15) is 0 Å². The number of rotatable bonds is 3. The zero-order valence-corrected chi connectivity index (χ0v) is 9.93. The van der Waals surface area contributed by atoms with Crippen molar-refractivity contribution in [2.24, 2.45) is 0 Å². The van der Waals surface area contributed by atoms with Gasteiger partial charge in [0.25, 0.3) is 0 Å². The van der Waals surface area contributed by atoms with Gasteiger partial charge in [0.1, 0.15) is 2.14 Å². The van der Waals surface area contributed by atoms with E-state index in [1.807, 2.05) is 0 Å². The Morgan fingerprint density at radius 1 is 1.11 bits per heavy atom. The van der Waals surface area contributed by atoms with E-state index in [0.29, 0.717) is 0 Å². The van der Waals surface area contributed by atoms with E-state index in [2.05, 4.69) is 54.7 Å². The topological polar surface area (TPSA) is 0 Å². The Morgan fingerprint density at radius 3 is 2.00 bits per heavy atom. The first-order valence-electron chi connectivity index (χ1n) is 2.92. The summed E-state index contributed by atoms with van der Waals surface area (Å²) in [6.45, 7) is 3.76. The number of hydrogen-bond donors (Lipinski definition) is 0. The first-order chi connectivity index (χ1) is 4.06. The highest BCUT2D eigenvalue weighted by Crippen LogP contribution is 2.38. The van der Waals surface area contributed by atoms with Crippen molar-refractivity contribution in [2.75, 3.05) is 0 Å². The maximum Gasteiger partial charge on any atom is 0.135 e. The van der Waals surface area contributed by atoms with E-state index in [9.17, 15) is 0 Å². The quantitative estimate of drug-likeness (QED) is 0.539. The molecule has 0 aliphatic rings. The lowest BCUT2D eigenvalue weighted by molar-refractivity contribution is 0.718. The molecule has 0 saturated heterocycles. The van der Waals surface area contributed by atoms with Gasteiger partial charge in [-0.1, -0.05) is 74.0 Å². The van der Waals surface area contributed by atoms with Crippen molar-refractivity contribution in [1.29, 1.82) is 0 Å². The van der Waals surface area contributed by atoms with Crippen LogP contribution in [0.15, 0.2) is 0 Å². The minimum absolute atomic E-state index is 0.0395. The van der Waals surface area contributed by atoms with E-state index in [4.69, 9.17) is 0 Å². The van der Waals surface area contributed by atoms with Gasteiger partial charge in [0.2, 0.25) is 0 Å². The van der Waals surface area contributed by atoms with Gasteiger partial charge in [-0.3, -0.25) is 0 Å². The van der Waals surface area contributed by atoms with E-state index in [1.54, 1.807) is 0 Å². The Morgan fingerprint density at radius 2 is 1.67 bits per heavy atom. The molecule has 0 fully saturated rings. The van der Waals surface area contributed by atoms with Crippen LogP contribution in [0, 0.1) is 6.92 Å². The third kappa shape index (κ3) is 9.44. The number of hydrogen-bond acceptors (Lipinski definition) is 0. The molecule has 0 amide bonds. The summed E-state index contributed by atoms with van der Waals surface area (Å²) in [5.74, 6) is 0. The van der Waals surface area contributed by atoms with Crippen molar-refractivity contribution in [2.45, 2.75) is 27.8 Å². The molecular weight excluding hydrogens is 312 g/mol. The Bertz CT molecular complexity index is 65.2. The molecule has 0 aromatic rings. The second-order valence-corrected chi connectivity index (χ2v) is 9.18. The molecule has 0 bridgehead atoms. The van der Waals surface area contributed by atoms with Crippen molar-refractivity contribution in [3.63, 3.8) is 0 Å². The largest absolute Gasteiger partial charge is 0.135 e. The number of unbranched alkanes of at least 4 members (excludes halogenated alkanes) is 2. The van der Waals surface area contributed by atoms with Crippen LogP contribution in [-0.2, 0) is 0 Å². The van der Waals surface area contributed by atoms with Crippen LogP contribution in [0.2, 0.25) is 0 Å². The molecular formula is C6H10Br3. The maximum atomic E-state index is 3.76. The lowest BCUT2D eigenvalue weighted by Crippen LogP contribution is -1.97. The van der Waals surface area contributed by atoms with Crippen LogP contribution in [0.4, 0.5) is 0 Å². The van der Waals surface area contributed by atoms with E-state index in [1.165, 1.54) is 12.8 Å². The summed E-state index contributed by atoms with van der Waals surface area (Å²) in [5, 5.41) is 0. The van der Waals surface area contributed by atoms with Crippen LogP contribution >= 0.6 is 47.8 Å². The maximum absolute atomic E-state index is 3.76. The zero-order valence-electron chi connectivity index (χ0n) is 5.17. The molecule has 0 saturated carbocycles. The fourth-order valence-electron chi connectivity index (χ4n) is 0.502. The van der Waals surface area contributed by atoms with Gasteiger partial charge in [0.15, 0.2) is 0 Å². The molecule has 0 heterocycles. The zero-order chi connectivity index (χ0) is 7.33. The predicted molar refractivity (Wildman–Crippen MR) is 53.3 cm³/mol. The van der Waals surface area contributed by atoms with Gasteiger partial charge in [0.05, 0.1) is 0 Å². The van der Waals surface area contributed by atoms with Crippen molar-refractivity contribution >= 4 is 47.8 Å². The average Bonchev–Trinajstić information content (AvgIpc) is 1.63. The van der Waals surface area contributed by atoms with Gasteiger partial charge in [-0.25, -0.2) is 0 Å². The Labute approximate surface area is 82.2 Å². The lowest BCUT2D eigenvalue weighted by Gasteiger charge is -2.09. The van der Waals surface area contributed by atoms with E-state index < -0.39 is 0 Å². The lowest BCUT2D eigenvalue weighted by atomic mass is 10.2. The summed E-state index contributed by atoms with van der Waals surface area (Å²) in [5.41, 5.74) is 0. The van der Waals surface area contributed by atoms with Crippen molar-refractivity contribution in [3.8, 4) is 0 Å². The first-order valence-corrected chi connectivity index (χ1v) is 5.30. The van der Waals surface area contributed by atoms with E-state index >= 15 is 0 Å². The molecule has 0 nitrogen and oxygen atoms in total. The molecule has 55 valence electrons. The van der Waals surface area contributed by atoms with Gasteiger partial charge in [-0.15, -0.1) is 0 Å². The van der Waals surface area contributed by atoms with Crippen LogP contribution in [0.3, 0.4) is 0 Å². The highest BCUT2D eigenvalue weighted by Gasteiger charge is 2.15. The molecule has 0 aromatic carbocycles. The second-order valence-electron chi connectivity index (χ2n) is 1.93. The summed E-state index contributed by atoms with van der Waals surface area (Å²) in [6.07, 6.45) is 4.52. The normalized spacial score (nSPS) is 12.0. The van der Waals surface area contributed by atoms with E-state index in [-0.39, 0.29) is 2.14 Å². The molecule has 1 radical (unpaired) electrons. The second kappa shape index (κ2) is 5.14. The van der Waals surface area contributed by atoms with E-state index in [0.717, 1.165) is 12.8 Å². The van der Waals surface area contributed by atoms with Crippen molar-refractivity contribution in [1.82, 2.24) is 0 Å². The molecule has 0 N–H and O–H groups in total. The molecule has 0 unspecified atom stereocenters. The SMILES string of the molecule is [CH2]CCCCC(Br)(Br)Br. The van der Waals surface area contributed by atoms with Crippen molar-refractivity contribution in [3.05, 3.63) is 6.92 Å². The van der Waals surface area contributed by atoms with Crippen LogP contribution in [0.25, 0.3) is 0 Å². The molecule has 0 spiro atoms. The fourth-order valence-corrected chi connectivity index (χ4v) is 1.34. The minimum Gasteiger partial charge on any atom is -0.0599 e. The molecule has 3 heteroatoms. The molecule has 0 aliphatic carbocycles. The Balaban J connectivity index is 3.07. The summed E-state index contributed by atoms with van der Waals surface area (Å²) in [6, 6.07) is 0. The number of halogens is 3. The predicted octanol–water partition coefficient (Wildman–Crippen LogP) is 4.22. The van der Waals surface area contributed by atoms with Gasteiger partial charge < -0.3 is 0 Å². The summed E-state index contributed by atoms with van der Waals surface area (Å²) in [7, 11) is 0. The van der Waals surface area contributed by atoms with Gasteiger partial charge >= 0.3 is 0 Å². The first kappa shape index (κ1) is 10.4. The van der Waals surface area contributed by atoms with Gasteiger partial charge in [-0.05, 0) is 6.42 Å². The summed E-state index contributed by atoms with van der Waals surface area (Å²) < 4.78 is -0.0395. The molecule has 0 aromatic heterocycles. The highest BCUT2D eigenvalue weighted by atomic mass is 80.0. The highest BCUT2D eigenvalue weighted by molar-refractivity contribution is 9.39. The van der Waals surface area contributed by atoms with Crippen molar-refractivity contribution < 1.29 is 0 Å². The standard InChI is InChI=1S/C6H10Br3/c1-2-3-4-5-6(7,8)9/h1-5H2. The molecule has 0 aliphatic heterocycles. The smallest absolute Gasteiger partial charge is 0.0599 e. The number of alkyl halides is 3. The molecule has 0 atom stereocenters.